The molecule has 0 aliphatic carbocycles. The summed E-state index contributed by atoms with van der Waals surface area (Å²) in [6.07, 6.45) is 15.0. The smallest absolute Gasteiger partial charge is 0.267 e. The molecule has 1 rings (SSSR count). The van der Waals surface area contributed by atoms with Crippen molar-refractivity contribution in [2.45, 2.75) is 78.7 Å². The summed E-state index contributed by atoms with van der Waals surface area (Å²) in [7, 11) is -1.94. The average Bonchev–Trinajstić information content (AvgIpc) is 2.98. The molecule has 0 atom stereocenters. The quantitative estimate of drug-likeness (QED) is 0.297. The van der Waals surface area contributed by atoms with Crippen molar-refractivity contribution in [2.24, 2.45) is 7.05 Å². The number of aromatic nitrogens is 2. The van der Waals surface area contributed by atoms with Gasteiger partial charge in [-0.05, 0) is 25.7 Å². The molecule has 0 spiro atoms. The van der Waals surface area contributed by atoms with E-state index in [1.807, 2.05) is 13.8 Å². The van der Waals surface area contributed by atoms with Gasteiger partial charge in [0.1, 0.15) is 12.4 Å². The highest BCUT2D eigenvalue weighted by atomic mass is 31.2. The Morgan fingerprint density at radius 3 is 1.96 bits per heavy atom. The third-order valence-corrected chi connectivity index (χ3v) is 4.59. The summed E-state index contributed by atoms with van der Waals surface area (Å²) in [5.41, 5.74) is 0. The molecule has 0 bridgehead atoms. The zero-order valence-electron chi connectivity index (χ0n) is 16.5. The topological polar surface area (TPSA) is 67.4 Å². The van der Waals surface area contributed by atoms with Crippen molar-refractivity contribution in [2.75, 3.05) is 13.2 Å². The normalized spacial score (nSPS) is 11.2. The second-order valence-corrected chi connectivity index (χ2v) is 7.61. The SMILES string of the molecule is CCCCCC[n+]1ccn(C)c1.CCCCOP(=O)([O-])OCCCC. The number of imidazole rings is 1. The number of nitrogens with zero attached hydrogens (tertiary/aromatic N) is 2. The number of hydrogen-bond acceptors (Lipinski definition) is 4. The van der Waals surface area contributed by atoms with E-state index in [9.17, 15) is 9.46 Å². The standard InChI is InChI=1S/C10H19N2.C8H19O4P/c1-3-4-5-6-7-12-9-8-11(2)10-12;1-3-5-7-11-13(9,10)12-8-6-4-2/h8-10H,3-7H2,1-2H3;3-8H2,1-2H3,(H,9,10)/q+1;/p-1. The molecule has 0 saturated carbocycles. The van der Waals surface area contributed by atoms with Crippen LogP contribution in [-0.2, 0) is 27.2 Å². The lowest BCUT2D eigenvalue weighted by molar-refractivity contribution is -0.696. The van der Waals surface area contributed by atoms with Crippen LogP contribution in [0.5, 0.6) is 0 Å². The molecule has 0 amide bonds. The van der Waals surface area contributed by atoms with Gasteiger partial charge in [-0.25, -0.2) is 9.13 Å². The van der Waals surface area contributed by atoms with Crippen molar-refractivity contribution in [3.8, 4) is 0 Å². The Morgan fingerprint density at radius 1 is 0.960 bits per heavy atom. The largest absolute Gasteiger partial charge is 0.756 e. The molecule has 148 valence electrons. The first-order valence-electron chi connectivity index (χ1n) is 9.56. The van der Waals surface area contributed by atoms with E-state index in [2.05, 4.69) is 50.9 Å². The van der Waals surface area contributed by atoms with E-state index in [1.165, 1.54) is 32.2 Å². The van der Waals surface area contributed by atoms with Crippen molar-refractivity contribution < 1.29 is 23.1 Å². The van der Waals surface area contributed by atoms with Gasteiger partial charge in [-0.2, -0.15) is 0 Å². The van der Waals surface area contributed by atoms with Gasteiger partial charge in [0.05, 0.1) is 26.8 Å². The Hall–Kier alpha value is -0.680. The van der Waals surface area contributed by atoms with Crippen molar-refractivity contribution in [1.29, 1.82) is 0 Å². The van der Waals surface area contributed by atoms with Crippen LogP contribution in [0.1, 0.15) is 72.1 Å². The second kappa shape index (κ2) is 15.6. The third-order valence-electron chi connectivity index (χ3n) is 3.59. The monoisotopic (exact) mass is 376 g/mol. The lowest BCUT2D eigenvalue weighted by atomic mass is 10.2. The maximum Gasteiger partial charge on any atom is 0.267 e. The van der Waals surface area contributed by atoms with E-state index in [1.54, 1.807) is 0 Å². The molecule has 7 heteroatoms. The molecule has 0 aliphatic rings. The predicted octanol–water partition coefficient (Wildman–Crippen LogP) is 3.98. The number of unbranched alkanes of at least 4 members (excludes halogenated alkanes) is 5. The zero-order valence-corrected chi connectivity index (χ0v) is 17.4. The van der Waals surface area contributed by atoms with Crippen LogP contribution in [0.3, 0.4) is 0 Å². The Bertz CT molecular complexity index is 452. The molecule has 1 aromatic rings. The highest BCUT2D eigenvalue weighted by Gasteiger charge is 2.07. The minimum absolute atomic E-state index is 0.226. The molecule has 1 heterocycles. The first-order valence-corrected chi connectivity index (χ1v) is 11.0. The van der Waals surface area contributed by atoms with Crippen molar-refractivity contribution in [3.05, 3.63) is 18.7 Å². The first kappa shape index (κ1) is 24.3. The van der Waals surface area contributed by atoms with E-state index in [-0.39, 0.29) is 13.2 Å². The molecular formula is C18H37N2O4P. The van der Waals surface area contributed by atoms with Crippen molar-refractivity contribution in [3.63, 3.8) is 0 Å². The van der Waals surface area contributed by atoms with E-state index < -0.39 is 7.82 Å². The van der Waals surface area contributed by atoms with Crippen LogP contribution in [0.4, 0.5) is 0 Å². The summed E-state index contributed by atoms with van der Waals surface area (Å²) >= 11 is 0. The minimum atomic E-state index is -4.00. The molecule has 0 unspecified atom stereocenters. The van der Waals surface area contributed by atoms with Crippen LogP contribution in [0.15, 0.2) is 18.7 Å². The van der Waals surface area contributed by atoms with Gasteiger partial charge < -0.3 is 13.9 Å². The van der Waals surface area contributed by atoms with Gasteiger partial charge in [0.2, 0.25) is 6.33 Å². The number of rotatable bonds is 13. The van der Waals surface area contributed by atoms with Crippen LogP contribution in [0, 0.1) is 0 Å². The molecule has 0 N–H and O–H groups in total. The Kier molecular flexibility index (Phi) is 15.1. The molecule has 0 saturated heterocycles. The van der Waals surface area contributed by atoms with Crippen molar-refractivity contribution in [1.82, 2.24) is 4.57 Å². The molecule has 0 fully saturated rings. The van der Waals surface area contributed by atoms with Gasteiger partial charge >= 0.3 is 0 Å². The molecule has 25 heavy (non-hydrogen) atoms. The number of phosphoric ester groups is 1. The van der Waals surface area contributed by atoms with Crippen LogP contribution < -0.4 is 9.46 Å². The van der Waals surface area contributed by atoms with E-state index in [0.717, 1.165) is 25.7 Å². The first-order chi connectivity index (χ1) is 11.9. The maximum atomic E-state index is 11.0. The fraction of sp³-hybridized carbons (Fsp3) is 0.833. The van der Waals surface area contributed by atoms with Gasteiger partial charge in [0.25, 0.3) is 7.82 Å². The number of aryl methyl sites for hydroxylation is 2. The third kappa shape index (κ3) is 15.3. The fourth-order valence-corrected chi connectivity index (χ4v) is 2.81. The van der Waals surface area contributed by atoms with Gasteiger partial charge in [0.15, 0.2) is 0 Å². The van der Waals surface area contributed by atoms with Crippen LogP contribution in [0.2, 0.25) is 0 Å². The van der Waals surface area contributed by atoms with Crippen LogP contribution >= 0.6 is 7.82 Å². The lowest BCUT2D eigenvalue weighted by Crippen LogP contribution is -2.30. The van der Waals surface area contributed by atoms with Crippen LogP contribution in [0.25, 0.3) is 0 Å². The van der Waals surface area contributed by atoms with Gasteiger partial charge in [0, 0.05) is 0 Å². The maximum absolute atomic E-state index is 11.0. The molecule has 6 nitrogen and oxygen atoms in total. The molecule has 1 aromatic heterocycles. The van der Waals surface area contributed by atoms with Crippen molar-refractivity contribution >= 4 is 7.82 Å². The molecule has 0 radical (unpaired) electrons. The zero-order chi connectivity index (χ0) is 19.0. The second-order valence-electron chi connectivity index (χ2n) is 6.20. The van der Waals surface area contributed by atoms with Crippen LogP contribution in [-0.4, -0.2) is 17.8 Å². The van der Waals surface area contributed by atoms with Gasteiger partial charge in [-0.3, -0.25) is 4.57 Å². The summed E-state index contributed by atoms with van der Waals surface area (Å²) in [5, 5.41) is 0. The summed E-state index contributed by atoms with van der Waals surface area (Å²) in [6.45, 7) is 7.80. The summed E-state index contributed by atoms with van der Waals surface area (Å²) in [6, 6.07) is 0. The predicted molar refractivity (Wildman–Crippen MR) is 99.1 cm³/mol. The molecule has 0 aliphatic heterocycles. The molecular weight excluding hydrogens is 339 g/mol. The minimum Gasteiger partial charge on any atom is -0.756 e. The Balaban J connectivity index is 0.000000462. The number of phosphoric acid groups is 1. The van der Waals surface area contributed by atoms with Gasteiger partial charge in [-0.15, -0.1) is 0 Å². The van der Waals surface area contributed by atoms with Gasteiger partial charge in [-0.1, -0.05) is 46.5 Å². The summed E-state index contributed by atoms with van der Waals surface area (Å²) < 4.78 is 24.5. The fourth-order valence-electron chi connectivity index (χ4n) is 2.03. The molecule has 0 aromatic carbocycles. The van der Waals surface area contributed by atoms with E-state index in [4.69, 9.17) is 0 Å². The number of hydrogen-bond donors (Lipinski definition) is 0. The van der Waals surface area contributed by atoms with E-state index >= 15 is 0 Å². The Labute approximate surface area is 153 Å². The summed E-state index contributed by atoms with van der Waals surface area (Å²) in [4.78, 5) is 11.0. The highest BCUT2D eigenvalue weighted by Crippen LogP contribution is 2.38. The summed E-state index contributed by atoms with van der Waals surface area (Å²) in [5.74, 6) is 0. The average molecular weight is 376 g/mol. The van der Waals surface area contributed by atoms with E-state index in [0.29, 0.717) is 0 Å². The lowest BCUT2D eigenvalue weighted by Gasteiger charge is -2.22. The Morgan fingerprint density at radius 2 is 1.52 bits per heavy atom. The highest BCUT2D eigenvalue weighted by molar-refractivity contribution is 7.45.